The summed E-state index contributed by atoms with van der Waals surface area (Å²) in [7, 11) is 0. The third-order valence-electron chi connectivity index (χ3n) is 3.13. The summed E-state index contributed by atoms with van der Waals surface area (Å²) >= 11 is 5.66. The number of hydrogen-bond acceptors (Lipinski definition) is 1. The minimum absolute atomic E-state index is 0.125. The van der Waals surface area contributed by atoms with Crippen molar-refractivity contribution in [2.75, 3.05) is 12.4 Å². The summed E-state index contributed by atoms with van der Waals surface area (Å²) in [5, 5.41) is 2.96. The topological polar surface area (TPSA) is 29.1 Å². The van der Waals surface area contributed by atoms with Gasteiger partial charge in [0.1, 0.15) is 0 Å². The molecule has 3 heteroatoms. The molecule has 0 aliphatic carbocycles. The molecular weight excluding hydrogens is 246 g/mol. The second-order valence-electron chi connectivity index (χ2n) is 4.81. The van der Waals surface area contributed by atoms with Crippen LogP contribution in [0.4, 0.5) is 0 Å². The van der Waals surface area contributed by atoms with Crippen molar-refractivity contribution in [3.63, 3.8) is 0 Å². The molecule has 1 amide bonds. The molecule has 2 nitrogen and oxygen atoms in total. The van der Waals surface area contributed by atoms with Crippen molar-refractivity contribution in [3.8, 4) is 0 Å². The number of carbonyl (C=O) groups excluding carboxylic acids is 1. The van der Waals surface area contributed by atoms with Gasteiger partial charge in [-0.3, -0.25) is 4.79 Å². The number of benzene rings is 1. The average Bonchev–Trinajstić information content (AvgIpc) is 2.36. The molecule has 0 aromatic heterocycles. The Hall–Kier alpha value is -1.02. The molecule has 0 heterocycles. The van der Waals surface area contributed by atoms with Crippen LogP contribution in [0.1, 0.15) is 30.9 Å². The van der Waals surface area contributed by atoms with Gasteiger partial charge in [-0.1, -0.05) is 31.2 Å². The SMILES string of the molecule is Cc1ccccc1CCC(=O)NCC(C)CCCl. The van der Waals surface area contributed by atoms with Gasteiger partial charge in [-0.2, -0.15) is 0 Å². The van der Waals surface area contributed by atoms with Crippen molar-refractivity contribution < 1.29 is 4.79 Å². The van der Waals surface area contributed by atoms with Gasteiger partial charge in [0.25, 0.3) is 0 Å². The lowest BCUT2D eigenvalue weighted by atomic mass is 10.0. The van der Waals surface area contributed by atoms with Gasteiger partial charge in [-0.05, 0) is 36.8 Å². The summed E-state index contributed by atoms with van der Waals surface area (Å²) in [4.78, 5) is 11.7. The molecule has 0 bridgehead atoms. The maximum Gasteiger partial charge on any atom is 0.220 e. The fraction of sp³-hybridized carbons (Fsp3) is 0.533. The molecule has 1 aromatic rings. The lowest BCUT2D eigenvalue weighted by Crippen LogP contribution is -2.28. The molecule has 0 aliphatic rings. The average molecular weight is 268 g/mol. The summed E-state index contributed by atoms with van der Waals surface area (Å²) in [5.41, 5.74) is 2.50. The Kier molecular flexibility index (Phi) is 6.81. The van der Waals surface area contributed by atoms with Crippen LogP contribution in [0.25, 0.3) is 0 Å². The van der Waals surface area contributed by atoms with Crippen molar-refractivity contribution in [1.29, 1.82) is 0 Å². The van der Waals surface area contributed by atoms with E-state index in [1.165, 1.54) is 11.1 Å². The molecule has 0 fully saturated rings. The molecule has 100 valence electrons. The lowest BCUT2D eigenvalue weighted by molar-refractivity contribution is -0.121. The molecule has 0 saturated carbocycles. The molecular formula is C15H22ClNO. The minimum atomic E-state index is 0.125. The van der Waals surface area contributed by atoms with Crippen LogP contribution >= 0.6 is 11.6 Å². The molecule has 0 radical (unpaired) electrons. The van der Waals surface area contributed by atoms with Crippen LogP contribution in [0.3, 0.4) is 0 Å². The third kappa shape index (κ3) is 5.54. The Balaban J connectivity index is 2.27. The quantitative estimate of drug-likeness (QED) is 0.755. The Labute approximate surface area is 115 Å². The van der Waals surface area contributed by atoms with E-state index in [9.17, 15) is 4.79 Å². The highest BCUT2D eigenvalue weighted by Gasteiger charge is 2.06. The summed E-state index contributed by atoms with van der Waals surface area (Å²) in [6.45, 7) is 4.90. The molecule has 1 atom stereocenters. The first kappa shape index (κ1) is 15.0. The van der Waals surface area contributed by atoms with Crippen LogP contribution in [-0.2, 0) is 11.2 Å². The molecule has 18 heavy (non-hydrogen) atoms. The molecule has 1 aromatic carbocycles. The Morgan fingerprint density at radius 3 is 2.78 bits per heavy atom. The number of rotatable bonds is 7. The highest BCUT2D eigenvalue weighted by Crippen LogP contribution is 2.09. The molecule has 1 N–H and O–H groups in total. The van der Waals surface area contributed by atoms with Gasteiger partial charge >= 0.3 is 0 Å². The summed E-state index contributed by atoms with van der Waals surface area (Å²) < 4.78 is 0. The van der Waals surface area contributed by atoms with Crippen molar-refractivity contribution >= 4 is 17.5 Å². The predicted octanol–water partition coefficient (Wildman–Crippen LogP) is 3.31. The number of aryl methyl sites for hydroxylation is 2. The maximum atomic E-state index is 11.7. The van der Waals surface area contributed by atoms with Crippen molar-refractivity contribution in [3.05, 3.63) is 35.4 Å². The van der Waals surface area contributed by atoms with Crippen molar-refractivity contribution in [2.45, 2.75) is 33.1 Å². The van der Waals surface area contributed by atoms with E-state index in [0.717, 1.165) is 19.4 Å². The van der Waals surface area contributed by atoms with Crippen LogP contribution < -0.4 is 5.32 Å². The third-order valence-corrected chi connectivity index (χ3v) is 3.35. The Bertz CT molecular complexity index is 379. The molecule has 1 rings (SSSR count). The number of halogens is 1. The van der Waals surface area contributed by atoms with Crippen LogP contribution in [0.5, 0.6) is 0 Å². The first-order chi connectivity index (χ1) is 8.63. The first-order valence-electron chi connectivity index (χ1n) is 6.50. The molecule has 0 saturated heterocycles. The predicted molar refractivity (Wildman–Crippen MR) is 77.0 cm³/mol. The number of alkyl halides is 1. The Morgan fingerprint density at radius 1 is 1.39 bits per heavy atom. The number of amides is 1. The van der Waals surface area contributed by atoms with E-state index >= 15 is 0 Å². The zero-order chi connectivity index (χ0) is 13.4. The van der Waals surface area contributed by atoms with Crippen LogP contribution in [0.2, 0.25) is 0 Å². The van der Waals surface area contributed by atoms with E-state index in [1.54, 1.807) is 0 Å². The van der Waals surface area contributed by atoms with Gasteiger partial charge in [0, 0.05) is 18.8 Å². The van der Waals surface area contributed by atoms with E-state index < -0.39 is 0 Å². The zero-order valence-corrected chi connectivity index (χ0v) is 12.0. The number of hydrogen-bond donors (Lipinski definition) is 1. The van der Waals surface area contributed by atoms with E-state index in [2.05, 4.69) is 31.3 Å². The fourth-order valence-electron chi connectivity index (χ4n) is 1.80. The molecule has 1 unspecified atom stereocenters. The summed E-state index contributed by atoms with van der Waals surface area (Å²) in [6.07, 6.45) is 2.31. The van der Waals surface area contributed by atoms with Crippen LogP contribution in [0.15, 0.2) is 24.3 Å². The lowest BCUT2D eigenvalue weighted by Gasteiger charge is -2.11. The van der Waals surface area contributed by atoms with Crippen LogP contribution in [0, 0.1) is 12.8 Å². The van der Waals surface area contributed by atoms with Gasteiger partial charge in [0.15, 0.2) is 0 Å². The van der Waals surface area contributed by atoms with E-state index in [1.807, 2.05) is 12.1 Å². The van der Waals surface area contributed by atoms with Crippen molar-refractivity contribution in [1.82, 2.24) is 5.32 Å². The van der Waals surface area contributed by atoms with Gasteiger partial charge in [-0.25, -0.2) is 0 Å². The number of carbonyl (C=O) groups is 1. The zero-order valence-electron chi connectivity index (χ0n) is 11.2. The van der Waals surface area contributed by atoms with Gasteiger partial charge in [0.05, 0.1) is 0 Å². The van der Waals surface area contributed by atoms with Gasteiger partial charge in [0.2, 0.25) is 5.91 Å². The monoisotopic (exact) mass is 267 g/mol. The highest BCUT2D eigenvalue weighted by atomic mass is 35.5. The largest absolute Gasteiger partial charge is 0.356 e. The standard InChI is InChI=1S/C15H22ClNO/c1-12(9-10-16)11-17-15(18)8-7-14-6-4-3-5-13(14)2/h3-6,12H,7-11H2,1-2H3,(H,17,18). The maximum absolute atomic E-state index is 11.7. The minimum Gasteiger partial charge on any atom is -0.356 e. The fourth-order valence-corrected chi connectivity index (χ4v) is 2.18. The van der Waals surface area contributed by atoms with Crippen LogP contribution in [-0.4, -0.2) is 18.3 Å². The van der Waals surface area contributed by atoms with E-state index in [0.29, 0.717) is 18.2 Å². The van der Waals surface area contributed by atoms with E-state index in [-0.39, 0.29) is 5.91 Å². The number of nitrogens with one attached hydrogen (secondary N) is 1. The van der Waals surface area contributed by atoms with E-state index in [4.69, 9.17) is 11.6 Å². The normalized spacial score (nSPS) is 12.2. The first-order valence-corrected chi connectivity index (χ1v) is 7.04. The highest BCUT2D eigenvalue weighted by molar-refractivity contribution is 6.17. The molecule has 0 aliphatic heterocycles. The summed E-state index contributed by atoms with van der Waals surface area (Å²) in [5.74, 6) is 1.23. The summed E-state index contributed by atoms with van der Waals surface area (Å²) in [6, 6.07) is 8.20. The van der Waals surface area contributed by atoms with Gasteiger partial charge in [-0.15, -0.1) is 11.6 Å². The van der Waals surface area contributed by atoms with Crippen molar-refractivity contribution in [2.24, 2.45) is 5.92 Å². The molecule has 0 spiro atoms. The second kappa shape index (κ2) is 8.15. The second-order valence-corrected chi connectivity index (χ2v) is 5.19. The smallest absolute Gasteiger partial charge is 0.220 e. The Morgan fingerprint density at radius 2 is 2.11 bits per heavy atom. The van der Waals surface area contributed by atoms with Gasteiger partial charge < -0.3 is 5.32 Å².